The van der Waals surface area contributed by atoms with Gasteiger partial charge in [0, 0.05) is 7.11 Å². The predicted molar refractivity (Wildman–Crippen MR) is 98.7 cm³/mol. The maximum absolute atomic E-state index is 11.2. The summed E-state index contributed by atoms with van der Waals surface area (Å²) in [5.41, 5.74) is -0.880. The Balaban J connectivity index is 0. The molecule has 0 aromatic carbocycles. The van der Waals surface area contributed by atoms with Crippen LogP contribution in [0.2, 0.25) is 0 Å². The van der Waals surface area contributed by atoms with Crippen LogP contribution < -0.4 is 0 Å². The molecular weight excluding hydrogens is 340 g/mol. The first-order valence-electron chi connectivity index (χ1n) is 8.89. The van der Waals surface area contributed by atoms with E-state index in [1.165, 1.54) is 0 Å². The van der Waals surface area contributed by atoms with E-state index in [2.05, 4.69) is 0 Å². The van der Waals surface area contributed by atoms with Crippen molar-refractivity contribution in [3.8, 4) is 0 Å². The maximum atomic E-state index is 11.2. The van der Waals surface area contributed by atoms with Gasteiger partial charge in [-0.1, -0.05) is 6.92 Å². The third-order valence-electron chi connectivity index (χ3n) is 2.35. The monoisotopic (exact) mass is 376 g/mol. The van der Waals surface area contributed by atoms with Crippen LogP contribution in [0.5, 0.6) is 0 Å². The standard InChI is InChI=1S/C11H20O4.C8H16O3/c1-5-8-14-9(12)6-7-10(13)15-11(2,3)4;1-8(2,3)11-7(9)5-6-10-4/h5-8H2,1-4H3;5-6H2,1-4H3. The van der Waals surface area contributed by atoms with E-state index in [9.17, 15) is 14.4 Å². The molecular formula is C19H36O7. The molecule has 154 valence electrons. The molecule has 0 amide bonds. The third kappa shape index (κ3) is 22.4. The van der Waals surface area contributed by atoms with Gasteiger partial charge in [-0.15, -0.1) is 0 Å². The lowest BCUT2D eigenvalue weighted by Crippen LogP contribution is -2.24. The Morgan fingerprint density at radius 3 is 1.50 bits per heavy atom. The van der Waals surface area contributed by atoms with Crippen LogP contribution in [0.25, 0.3) is 0 Å². The highest BCUT2D eigenvalue weighted by molar-refractivity contribution is 5.77. The molecule has 0 aromatic heterocycles. The average molecular weight is 376 g/mol. The van der Waals surface area contributed by atoms with Crippen molar-refractivity contribution >= 4 is 17.9 Å². The van der Waals surface area contributed by atoms with Crippen molar-refractivity contribution in [1.29, 1.82) is 0 Å². The molecule has 0 unspecified atom stereocenters. The largest absolute Gasteiger partial charge is 0.466 e. The fourth-order valence-corrected chi connectivity index (χ4v) is 1.46. The van der Waals surface area contributed by atoms with E-state index >= 15 is 0 Å². The van der Waals surface area contributed by atoms with Gasteiger partial charge in [0.2, 0.25) is 0 Å². The van der Waals surface area contributed by atoms with Crippen LogP contribution in [0.15, 0.2) is 0 Å². The molecule has 7 nitrogen and oxygen atoms in total. The Kier molecular flexibility index (Phi) is 13.9. The molecule has 0 saturated heterocycles. The van der Waals surface area contributed by atoms with Crippen LogP contribution >= 0.6 is 0 Å². The van der Waals surface area contributed by atoms with E-state index < -0.39 is 5.60 Å². The molecule has 0 N–H and O–H groups in total. The van der Waals surface area contributed by atoms with Crippen LogP contribution in [0.4, 0.5) is 0 Å². The summed E-state index contributed by atoms with van der Waals surface area (Å²) < 4.78 is 19.6. The zero-order chi connectivity index (χ0) is 20.8. The lowest BCUT2D eigenvalue weighted by molar-refractivity contribution is -0.158. The number of rotatable bonds is 8. The highest BCUT2D eigenvalue weighted by Gasteiger charge is 2.17. The van der Waals surface area contributed by atoms with Gasteiger partial charge in [0.1, 0.15) is 11.2 Å². The topological polar surface area (TPSA) is 88.1 Å². The molecule has 0 aliphatic carbocycles. The highest BCUT2D eigenvalue weighted by atomic mass is 16.6. The number of methoxy groups -OCH3 is 1. The molecule has 0 aliphatic heterocycles. The fraction of sp³-hybridized carbons (Fsp3) is 0.842. The second kappa shape index (κ2) is 13.6. The van der Waals surface area contributed by atoms with Crippen molar-refractivity contribution in [1.82, 2.24) is 0 Å². The molecule has 0 aliphatic rings. The number of esters is 3. The van der Waals surface area contributed by atoms with Crippen molar-refractivity contribution in [3.63, 3.8) is 0 Å². The zero-order valence-corrected chi connectivity index (χ0v) is 17.6. The Morgan fingerprint density at radius 1 is 0.692 bits per heavy atom. The maximum Gasteiger partial charge on any atom is 0.308 e. The summed E-state index contributed by atoms with van der Waals surface area (Å²) in [6.45, 7) is 13.7. The molecule has 26 heavy (non-hydrogen) atoms. The Bertz CT molecular complexity index is 417. The molecule has 0 heterocycles. The number of ether oxygens (including phenoxy) is 4. The molecule has 0 rings (SSSR count). The van der Waals surface area contributed by atoms with Gasteiger partial charge in [-0.05, 0) is 48.0 Å². The van der Waals surface area contributed by atoms with Crippen molar-refractivity contribution in [3.05, 3.63) is 0 Å². The normalized spacial score (nSPS) is 11.1. The van der Waals surface area contributed by atoms with Gasteiger partial charge in [-0.3, -0.25) is 14.4 Å². The van der Waals surface area contributed by atoms with E-state index in [0.717, 1.165) is 6.42 Å². The first kappa shape index (κ1) is 26.6. The minimum Gasteiger partial charge on any atom is -0.466 e. The summed E-state index contributed by atoms with van der Waals surface area (Å²) >= 11 is 0. The molecule has 0 atom stereocenters. The number of carbonyl (C=O) groups excluding carboxylic acids is 3. The summed E-state index contributed by atoms with van der Waals surface area (Å²) in [6, 6.07) is 0. The van der Waals surface area contributed by atoms with E-state index in [1.807, 2.05) is 27.7 Å². The summed E-state index contributed by atoms with van der Waals surface area (Å²) in [7, 11) is 1.56. The van der Waals surface area contributed by atoms with Gasteiger partial charge in [-0.2, -0.15) is 0 Å². The van der Waals surface area contributed by atoms with Gasteiger partial charge in [-0.25, -0.2) is 0 Å². The van der Waals surface area contributed by atoms with E-state index in [-0.39, 0.29) is 36.4 Å². The molecule has 0 bridgehead atoms. The Labute approximate surface area is 157 Å². The Morgan fingerprint density at radius 2 is 1.12 bits per heavy atom. The number of hydrogen-bond acceptors (Lipinski definition) is 7. The smallest absolute Gasteiger partial charge is 0.308 e. The van der Waals surface area contributed by atoms with Crippen LogP contribution in [-0.4, -0.2) is 49.4 Å². The van der Waals surface area contributed by atoms with E-state index in [0.29, 0.717) is 19.6 Å². The second-order valence-electron chi connectivity index (χ2n) is 7.64. The molecule has 0 spiro atoms. The average Bonchev–Trinajstić information content (AvgIpc) is 2.46. The van der Waals surface area contributed by atoms with Gasteiger partial charge < -0.3 is 18.9 Å². The molecule has 0 radical (unpaired) electrons. The number of carbonyl (C=O) groups is 3. The lowest BCUT2D eigenvalue weighted by Gasteiger charge is -2.19. The number of hydrogen-bond donors (Lipinski definition) is 0. The van der Waals surface area contributed by atoms with Crippen molar-refractivity contribution in [2.24, 2.45) is 0 Å². The second-order valence-corrected chi connectivity index (χ2v) is 7.64. The summed E-state index contributed by atoms with van der Waals surface area (Å²) in [5, 5.41) is 0. The van der Waals surface area contributed by atoms with Gasteiger partial charge in [0.15, 0.2) is 0 Å². The fourth-order valence-electron chi connectivity index (χ4n) is 1.46. The van der Waals surface area contributed by atoms with Crippen molar-refractivity contribution in [2.45, 2.75) is 85.4 Å². The van der Waals surface area contributed by atoms with E-state index in [1.54, 1.807) is 27.9 Å². The van der Waals surface area contributed by atoms with Gasteiger partial charge in [0.05, 0.1) is 32.5 Å². The molecule has 0 aromatic rings. The van der Waals surface area contributed by atoms with Crippen LogP contribution in [0.1, 0.15) is 74.1 Å². The first-order valence-corrected chi connectivity index (χ1v) is 8.89. The van der Waals surface area contributed by atoms with Crippen molar-refractivity contribution < 1.29 is 33.3 Å². The summed E-state index contributed by atoms with van der Waals surface area (Å²) in [5.74, 6) is -0.919. The lowest BCUT2D eigenvalue weighted by atomic mass is 10.2. The SMILES string of the molecule is CCCOC(=O)CCC(=O)OC(C)(C)C.COCCC(=O)OC(C)(C)C. The quantitative estimate of drug-likeness (QED) is 0.474. The van der Waals surface area contributed by atoms with Crippen LogP contribution in [0.3, 0.4) is 0 Å². The zero-order valence-electron chi connectivity index (χ0n) is 17.6. The summed E-state index contributed by atoms with van der Waals surface area (Å²) in [4.78, 5) is 33.2. The Hall–Kier alpha value is -1.63. The predicted octanol–water partition coefficient (Wildman–Crippen LogP) is 3.43. The molecule has 7 heteroatoms. The third-order valence-corrected chi connectivity index (χ3v) is 2.35. The molecule has 0 saturated carbocycles. The first-order chi connectivity index (χ1) is 11.8. The molecule has 0 fully saturated rings. The minimum absolute atomic E-state index is 0.0832. The van der Waals surface area contributed by atoms with Gasteiger partial charge in [0.25, 0.3) is 0 Å². The highest BCUT2D eigenvalue weighted by Crippen LogP contribution is 2.09. The van der Waals surface area contributed by atoms with Crippen LogP contribution in [0, 0.1) is 0 Å². The summed E-state index contributed by atoms with van der Waals surface area (Å²) in [6.07, 6.45) is 1.29. The minimum atomic E-state index is -0.496. The van der Waals surface area contributed by atoms with Crippen LogP contribution in [-0.2, 0) is 33.3 Å². The van der Waals surface area contributed by atoms with E-state index in [4.69, 9.17) is 18.9 Å². The van der Waals surface area contributed by atoms with Crippen molar-refractivity contribution in [2.75, 3.05) is 20.3 Å². The van der Waals surface area contributed by atoms with Gasteiger partial charge >= 0.3 is 17.9 Å².